The first-order valence-electron chi connectivity index (χ1n) is 6.01. The van der Waals surface area contributed by atoms with E-state index in [2.05, 4.69) is 0 Å². The maximum atomic E-state index is 12.3. The summed E-state index contributed by atoms with van der Waals surface area (Å²) in [5.41, 5.74) is 0.301. The van der Waals surface area contributed by atoms with Crippen LogP contribution in [0, 0.1) is 0 Å². The number of carbonyl (C=O) groups is 1. The molecule has 0 radical (unpaired) electrons. The van der Waals surface area contributed by atoms with E-state index in [1.165, 1.54) is 31.3 Å². The Balaban J connectivity index is 3.11. The molecule has 0 saturated heterocycles. The van der Waals surface area contributed by atoms with Gasteiger partial charge in [-0.2, -0.15) is 0 Å². The number of aliphatic hydroxyl groups excluding tert-OH is 2. The molecule has 0 heterocycles. The van der Waals surface area contributed by atoms with Crippen LogP contribution in [0.2, 0.25) is 5.02 Å². The first-order chi connectivity index (χ1) is 9.58. The van der Waals surface area contributed by atoms with Gasteiger partial charge in [-0.05, 0) is 12.1 Å². The topological polar surface area (TPSA) is 79.2 Å². The maximum Gasteiger partial charge on any atom is 0.254 e. The Morgan fingerprint density at radius 1 is 1.20 bits per heavy atom. The molecule has 1 aromatic carbocycles. The molecule has 20 heavy (non-hydrogen) atoms. The highest BCUT2D eigenvalue weighted by Crippen LogP contribution is 2.36. The van der Waals surface area contributed by atoms with E-state index >= 15 is 0 Å². The Morgan fingerprint density at radius 2 is 1.80 bits per heavy atom. The Labute approximate surface area is 122 Å². The number of methoxy groups -OCH3 is 2. The van der Waals surface area contributed by atoms with Crippen LogP contribution in [-0.2, 0) is 0 Å². The molecule has 0 bridgehead atoms. The molecule has 1 aromatic rings. The van der Waals surface area contributed by atoms with Crippen molar-refractivity contribution in [2.75, 3.05) is 40.5 Å². The van der Waals surface area contributed by atoms with E-state index < -0.39 is 0 Å². The number of benzene rings is 1. The average Bonchev–Trinajstić information content (AvgIpc) is 2.45. The summed E-state index contributed by atoms with van der Waals surface area (Å²) in [6.45, 7) is -0.115. The van der Waals surface area contributed by atoms with Gasteiger partial charge >= 0.3 is 0 Å². The van der Waals surface area contributed by atoms with Crippen LogP contribution in [-0.4, -0.2) is 61.5 Å². The summed E-state index contributed by atoms with van der Waals surface area (Å²) in [5.74, 6) is 0.342. The molecule has 1 amide bonds. The second kappa shape index (κ2) is 7.94. The van der Waals surface area contributed by atoms with Crippen molar-refractivity contribution in [2.45, 2.75) is 0 Å². The summed E-state index contributed by atoms with van der Waals surface area (Å²) in [5, 5.41) is 18.2. The Bertz CT molecular complexity index is 460. The summed E-state index contributed by atoms with van der Waals surface area (Å²) in [6, 6.07) is 2.97. The number of nitrogens with zero attached hydrogens (tertiary/aromatic N) is 1. The van der Waals surface area contributed by atoms with Crippen molar-refractivity contribution in [3.8, 4) is 11.5 Å². The zero-order chi connectivity index (χ0) is 15.1. The summed E-state index contributed by atoms with van der Waals surface area (Å²) >= 11 is 6.04. The summed E-state index contributed by atoms with van der Waals surface area (Å²) in [4.78, 5) is 13.6. The highest BCUT2D eigenvalue weighted by molar-refractivity contribution is 6.32. The van der Waals surface area contributed by atoms with Crippen LogP contribution in [0.4, 0.5) is 0 Å². The number of hydrogen-bond donors (Lipinski definition) is 2. The predicted octanol–water partition coefficient (Wildman–Crippen LogP) is 0.784. The van der Waals surface area contributed by atoms with E-state index in [4.69, 9.17) is 31.3 Å². The van der Waals surface area contributed by atoms with Crippen molar-refractivity contribution in [2.24, 2.45) is 0 Å². The zero-order valence-electron chi connectivity index (χ0n) is 11.4. The van der Waals surface area contributed by atoms with E-state index in [-0.39, 0.29) is 37.2 Å². The largest absolute Gasteiger partial charge is 0.493 e. The molecule has 2 N–H and O–H groups in total. The summed E-state index contributed by atoms with van der Waals surface area (Å²) in [6.07, 6.45) is 0. The van der Waals surface area contributed by atoms with Crippen molar-refractivity contribution in [1.82, 2.24) is 4.90 Å². The van der Waals surface area contributed by atoms with Gasteiger partial charge < -0.3 is 24.6 Å². The number of carbonyl (C=O) groups excluding carboxylic acids is 1. The minimum atomic E-state index is -0.351. The van der Waals surface area contributed by atoms with E-state index in [1.807, 2.05) is 0 Å². The summed E-state index contributed by atoms with van der Waals surface area (Å²) < 4.78 is 10.2. The molecular formula is C13H18ClNO5. The average molecular weight is 304 g/mol. The van der Waals surface area contributed by atoms with Crippen LogP contribution in [0.5, 0.6) is 11.5 Å². The fraction of sp³-hybridized carbons (Fsp3) is 0.462. The Hall–Kier alpha value is -1.50. The number of hydrogen-bond acceptors (Lipinski definition) is 5. The lowest BCUT2D eigenvalue weighted by Crippen LogP contribution is -2.35. The molecule has 0 fully saturated rings. The molecule has 0 aliphatic carbocycles. The van der Waals surface area contributed by atoms with Gasteiger partial charge in [0.15, 0.2) is 11.5 Å². The van der Waals surface area contributed by atoms with E-state index in [9.17, 15) is 4.79 Å². The third kappa shape index (κ3) is 3.75. The molecule has 112 valence electrons. The lowest BCUT2D eigenvalue weighted by molar-refractivity contribution is 0.0684. The maximum absolute atomic E-state index is 12.3. The fourth-order valence-corrected chi connectivity index (χ4v) is 2.07. The van der Waals surface area contributed by atoms with Crippen LogP contribution in [0.3, 0.4) is 0 Å². The van der Waals surface area contributed by atoms with Gasteiger partial charge in [0.1, 0.15) is 0 Å². The number of amides is 1. The molecule has 7 heteroatoms. The minimum absolute atomic E-state index is 0.130. The lowest BCUT2D eigenvalue weighted by Gasteiger charge is -2.21. The number of aliphatic hydroxyl groups is 2. The van der Waals surface area contributed by atoms with Gasteiger partial charge in [-0.3, -0.25) is 4.79 Å². The standard InChI is InChI=1S/C13H18ClNO5/c1-19-11-8-9(7-10(14)12(11)20-2)13(18)15(3-5-16)4-6-17/h7-8,16-17H,3-6H2,1-2H3. The first-order valence-corrected chi connectivity index (χ1v) is 6.39. The number of ether oxygens (including phenoxy) is 2. The normalized spacial score (nSPS) is 10.2. The second-order valence-corrected chi connectivity index (χ2v) is 4.34. The summed E-state index contributed by atoms with van der Waals surface area (Å²) in [7, 11) is 2.90. The third-order valence-electron chi connectivity index (χ3n) is 2.71. The highest BCUT2D eigenvalue weighted by Gasteiger charge is 2.19. The van der Waals surface area contributed by atoms with Gasteiger partial charge in [0.2, 0.25) is 0 Å². The Kier molecular flexibility index (Phi) is 6.57. The minimum Gasteiger partial charge on any atom is -0.493 e. The van der Waals surface area contributed by atoms with Crippen molar-refractivity contribution in [3.63, 3.8) is 0 Å². The zero-order valence-corrected chi connectivity index (χ0v) is 12.2. The molecule has 0 aliphatic heterocycles. The molecule has 0 atom stereocenters. The SMILES string of the molecule is COc1cc(C(=O)N(CCO)CCO)cc(Cl)c1OC. The van der Waals surface area contributed by atoms with Gasteiger partial charge in [-0.15, -0.1) is 0 Å². The van der Waals surface area contributed by atoms with E-state index in [0.29, 0.717) is 17.1 Å². The quantitative estimate of drug-likeness (QED) is 0.778. The van der Waals surface area contributed by atoms with E-state index in [0.717, 1.165) is 0 Å². The van der Waals surface area contributed by atoms with Gasteiger partial charge in [-0.1, -0.05) is 11.6 Å². The van der Waals surface area contributed by atoms with Gasteiger partial charge in [-0.25, -0.2) is 0 Å². The van der Waals surface area contributed by atoms with Crippen LogP contribution in [0.1, 0.15) is 10.4 Å². The van der Waals surface area contributed by atoms with Gasteiger partial charge in [0.05, 0.1) is 32.5 Å². The molecule has 0 spiro atoms. The van der Waals surface area contributed by atoms with Crippen molar-refractivity contribution in [1.29, 1.82) is 0 Å². The molecule has 0 saturated carbocycles. The molecule has 0 aromatic heterocycles. The number of rotatable bonds is 7. The lowest BCUT2D eigenvalue weighted by atomic mass is 10.1. The molecule has 0 aliphatic rings. The third-order valence-corrected chi connectivity index (χ3v) is 2.99. The molecule has 6 nitrogen and oxygen atoms in total. The monoisotopic (exact) mass is 303 g/mol. The van der Waals surface area contributed by atoms with Crippen LogP contribution >= 0.6 is 11.6 Å². The van der Waals surface area contributed by atoms with Crippen molar-refractivity contribution < 1.29 is 24.5 Å². The first kappa shape index (κ1) is 16.6. The smallest absolute Gasteiger partial charge is 0.254 e. The molecule has 0 unspecified atom stereocenters. The number of halogens is 1. The van der Waals surface area contributed by atoms with Gasteiger partial charge in [0, 0.05) is 18.7 Å². The highest BCUT2D eigenvalue weighted by atomic mass is 35.5. The van der Waals surface area contributed by atoms with E-state index in [1.54, 1.807) is 0 Å². The second-order valence-electron chi connectivity index (χ2n) is 3.93. The van der Waals surface area contributed by atoms with Crippen LogP contribution in [0.25, 0.3) is 0 Å². The Morgan fingerprint density at radius 3 is 2.25 bits per heavy atom. The molecular weight excluding hydrogens is 286 g/mol. The fourth-order valence-electron chi connectivity index (χ4n) is 1.78. The van der Waals surface area contributed by atoms with Crippen LogP contribution < -0.4 is 9.47 Å². The van der Waals surface area contributed by atoms with Crippen molar-refractivity contribution in [3.05, 3.63) is 22.7 Å². The molecule has 1 rings (SSSR count). The van der Waals surface area contributed by atoms with Crippen LogP contribution in [0.15, 0.2) is 12.1 Å². The predicted molar refractivity (Wildman–Crippen MR) is 74.6 cm³/mol. The van der Waals surface area contributed by atoms with Gasteiger partial charge in [0.25, 0.3) is 5.91 Å². The van der Waals surface area contributed by atoms with Crippen molar-refractivity contribution >= 4 is 17.5 Å².